The van der Waals surface area contributed by atoms with E-state index in [1.807, 2.05) is 6.20 Å². The molecule has 0 N–H and O–H groups in total. The molecule has 1 unspecified atom stereocenters. The molecule has 3 aromatic heterocycles. The third-order valence-electron chi connectivity index (χ3n) is 7.44. The smallest absolute Gasteiger partial charge is 0.0584 e. The van der Waals surface area contributed by atoms with Gasteiger partial charge in [-0.05, 0) is 67.9 Å². The Bertz CT molecular complexity index is 1500. The molecule has 1 aliphatic heterocycles. The summed E-state index contributed by atoms with van der Waals surface area (Å²) >= 11 is 0. The zero-order valence-electron chi connectivity index (χ0n) is 19.8. The maximum absolute atomic E-state index is 5.02. The van der Waals surface area contributed by atoms with Crippen molar-refractivity contribution in [1.82, 2.24) is 19.0 Å². The van der Waals surface area contributed by atoms with E-state index in [-0.39, 0.29) is 5.92 Å². The Kier molecular flexibility index (Phi) is 4.66. The van der Waals surface area contributed by atoms with Crippen molar-refractivity contribution in [3.8, 4) is 11.1 Å². The van der Waals surface area contributed by atoms with Crippen LogP contribution in [0.25, 0.3) is 32.9 Å². The molecule has 4 nitrogen and oxygen atoms in total. The molecule has 0 spiro atoms. The standard InChI is InChI=1S/C29H30N4/c1-19-7-9-27-24(16-19)23-12-14-31(2)18-25(29(23)33(27)4)28-22(6-5-13-30-28)20-8-10-26-21(17-20)11-15-32(26)3/h5-11,13,15-17,25H,12,14,18H2,1-4H3. The lowest BCUT2D eigenvalue weighted by molar-refractivity contribution is 0.334. The second-order valence-electron chi connectivity index (χ2n) is 9.64. The van der Waals surface area contributed by atoms with E-state index < -0.39 is 0 Å². The molecule has 0 bridgehead atoms. The molecule has 0 fully saturated rings. The van der Waals surface area contributed by atoms with Crippen molar-refractivity contribution in [2.24, 2.45) is 14.1 Å². The molecule has 0 saturated heterocycles. The molecule has 4 heterocycles. The van der Waals surface area contributed by atoms with Gasteiger partial charge in [0.2, 0.25) is 0 Å². The molecule has 5 aromatic rings. The first-order valence-corrected chi connectivity index (χ1v) is 11.8. The Hall–Kier alpha value is -3.37. The van der Waals surface area contributed by atoms with Crippen LogP contribution in [0.4, 0.5) is 0 Å². The Morgan fingerprint density at radius 1 is 0.939 bits per heavy atom. The zero-order valence-corrected chi connectivity index (χ0v) is 19.8. The lowest BCUT2D eigenvalue weighted by Crippen LogP contribution is -2.26. The van der Waals surface area contributed by atoms with Crippen molar-refractivity contribution in [3.05, 3.63) is 89.5 Å². The van der Waals surface area contributed by atoms with Crippen LogP contribution in [0.2, 0.25) is 0 Å². The van der Waals surface area contributed by atoms with Gasteiger partial charge in [0.15, 0.2) is 0 Å². The first-order valence-electron chi connectivity index (χ1n) is 11.8. The van der Waals surface area contributed by atoms with Crippen molar-refractivity contribution in [3.63, 3.8) is 0 Å². The van der Waals surface area contributed by atoms with Crippen molar-refractivity contribution >= 4 is 21.8 Å². The summed E-state index contributed by atoms with van der Waals surface area (Å²) in [6.07, 6.45) is 5.15. The van der Waals surface area contributed by atoms with E-state index >= 15 is 0 Å². The summed E-state index contributed by atoms with van der Waals surface area (Å²) in [7, 11) is 6.57. The highest BCUT2D eigenvalue weighted by Gasteiger charge is 2.30. The second-order valence-corrected chi connectivity index (χ2v) is 9.64. The van der Waals surface area contributed by atoms with Crippen molar-refractivity contribution in [2.45, 2.75) is 19.3 Å². The molecule has 1 aliphatic rings. The number of hydrogen-bond donors (Lipinski definition) is 0. The zero-order chi connectivity index (χ0) is 22.7. The highest BCUT2D eigenvalue weighted by atomic mass is 15.1. The Labute approximate surface area is 195 Å². The molecule has 166 valence electrons. The third-order valence-corrected chi connectivity index (χ3v) is 7.44. The number of likely N-dealkylation sites (N-methyl/N-ethyl adjacent to an activating group) is 1. The molecule has 4 heteroatoms. The molecule has 2 aromatic carbocycles. The number of nitrogens with zero attached hydrogens (tertiary/aromatic N) is 4. The first kappa shape index (κ1) is 20.3. The number of aromatic nitrogens is 3. The van der Waals surface area contributed by atoms with Gasteiger partial charge in [0.05, 0.1) is 11.6 Å². The van der Waals surface area contributed by atoms with E-state index in [0.29, 0.717) is 0 Å². The number of fused-ring (bicyclic) bond motifs is 4. The summed E-state index contributed by atoms with van der Waals surface area (Å²) in [5, 5.41) is 2.67. The molecule has 0 amide bonds. The largest absolute Gasteiger partial charge is 0.351 e. The van der Waals surface area contributed by atoms with Crippen LogP contribution in [0.1, 0.15) is 28.4 Å². The van der Waals surface area contributed by atoms with Gasteiger partial charge in [-0.3, -0.25) is 4.98 Å². The summed E-state index contributed by atoms with van der Waals surface area (Å²) in [5.74, 6) is 0.216. The van der Waals surface area contributed by atoms with E-state index in [2.05, 4.69) is 103 Å². The molecule has 1 atom stereocenters. The van der Waals surface area contributed by atoms with Gasteiger partial charge < -0.3 is 14.0 Å². The molecular weight excluding hydrogens is 404 g/mol. The Balaban J connectivity index is 1.58. The monoisotopic (exact) mass is 434 g/mol. The summed E-state index contributed by atoms with van der Waals surface area (Å²) in [6.45, 7) is 4.22. The minimum Gasteiger partial charge on any atom is -0.351 e. The molecule has 0 aliphatic carbocycles. The topological polar surface area (TPSA) is 26.0 Å². The van der Waals surface area contributed by atoms with Crippen molar-refractivity contribution in [1.29, 1.82) is 0 Å². The number of benzene rings is 2. The predicted octanol–water partition coefficient (Wildman–Crippen LogP) is 5.66. The quantitative estimate of drug-likeness (QED) is 0.358. The summed E-state index contributed by atoms with van der Waals surface area (Å²) in [4.78, 5) is 7.49. The van der Waals surface area contributed by atoms with Crippen LogP contribution in [-0.2, 0) is 20.5 Å². The average molecular weight is 435 g/mol. The maximum atomic E-state index is 5.02. The van der Waals surface area contributed by atoms with Gasteiger partial charge in [-0.25, -0.2) is 0 Å². The van der Waals surface area contributed by atoms with Crippen LogP contribution in [0.15, 0.2) is 67.0 Å². The van der Waals surface area contributed by atoms with E-state index in [4.69, 9.17) is 4.98 Å². The highest BCUT2D eigenvalue weighted by Crippen LogP contribution is 2.40. The van der Waals surface area contributed by atoms with Crippen LogP contribution in [0, 0.1) is 6.92 Å². The number of hydrogen-bond acceptors (Lipinski definition) is 2. The summed E-state index contributed by atoms with van der Waals surface area (Å²) < 4.78 is 4.60. The van der Waals surface area contributed by atoms with Gasteiger partial charge >= 0.3 is 0 Å². The summed E-state index contributed by atoms with van der Waals surface area (Å²) in [6, 6.07) is 20.2. The molecular formula is C29H30N4. The molecule has 33 heavy (non-hydrogen) atoms. The highest BCUT2D eigenvalue weighted by molar-refractivity contribution is 5.88. The Morgan fingerprint density at radius 2 is 1.79 bits per heavy atom. The molecule has 0 saturated carbocycles. The summed E-state index contributed by atoms with van der Waals surface area (Å²) in [5.41, 5.74) is 10.4. The fourth-order valence-electron chi connectivity index (χ4n) is 5.76. The SMILES string of the molecule is Cc1ccc2c(c1)c1c(n2C)C(c2ncccc2-c2ccc3c(ccn3C)c2)CN(C)CC1. The molecule has 0 radical (unpaired) electrons. The van der Waals surface area contributed by atoms with Gasteiger partial charge in [0.1, 0.15) is 0 Å². The number of rotatable bonds is 2. The van der Waals surface area contributed by atoms with Gasteiger partial charge in [0, 0.05) is 72.6 Å². The normalized spacial score (nSPS) is 16.9. The fraction of sp³-hybridized carbons (Fsp3) is 0.276. The second kappa shape index (κ2) is 7.60. The predicted molar refractivity (Wildman–Crippen MR) is 137 cm³/mol. The van der Waals surface area contributed by atoms with Crippen LogP contribution in [0.3, 0.4) is 0 Å². The lowest BCUT2D eigenvalue weighted by atomic mass is 9.90. The number of pyridine rings is 1. The van der Waals surface area contributed by atoms with E-state index in [9.17, 15) is 0 Å². The van der Waals surface area contributed by atoms with E-state index in [0.717, 1.165) is 19.5 Å². The minimum atomic E-state index is 0.216. The van der Waals surface area contributed by atoms with Crippen molar-refractivity contribution < 1.29 is 0 Å². The van der Waals surface area contributed by atoms with E-state index in [1.165, 1.54) is 55.4 Å². The van der Waals surface area contributed by atoms with Gasteiger partial charge in [-0.2, -0.15) is 0 Å². The fourth-order valence-corrected chi connectivity index (χ4v) is 5.76. The maximum Gasteiger partial charge on any atom is 0.0584 e. The van der Waals surface area contributed by atoms with Crippen molar-refractivity contribution in [2.75, 3.05) is 20.1 Å². The lowest BCUT2D eigenvalue weighted by Gasteiger charge is -2.24. The van der Waals surface area contributed by atoms with Crippen LogP contribution in [-0.4, -0.2) is 39.2 Å². The number of aryl methyl sites for hydroxylation is 3. The van der Waals surface area contributed by atoms with Gasteiger partial charge in [0.25, 0.3) is 0 Å². The van der Waals surface area contributed by atoms with Crippen LogP contribution >= 0.6 is 0 Å². The molecule has 6 rings (SSSR count). The van der Waals surface area contributed by atoms with Crippen LogP contribution in [0.5, 0.6) is 0 Å². The van der Waals surface area contributed by atoms with Gasteiger partial charge in [-0.1, -0.05) is 23.8 Å². The average Bonchev–Trinajstić information content (AvgIpc) is 3.25. The third kappa shape index (κ3) is 3.20. The Morgan fingerprint density at radius 3 is 2.67 bits per heavy atom. The van der Waals surface area contributed by atoms with Gasteiger partial charge in [-0.15, -0.1) is 0 Å². The van der Waals surface area contributed by atoms with E-state index in [1.54, 1.807) is 0 Å². The minimum absolute atomic E-state index is 0.216. The van der Waals surface area contributed by atoms with Crippen LogP contribution < -0.4 is 0 Å². The first-order chi connectivity index (χ1) is 16.0.